The molecule has 0 bridgehead atoms. The summed E-state index contributed by atoms with van der Waals surface area (Å²) in [5.74, 6) is -6.58. The number of imide groups is 1. The number of phenolic OH excluding ortho intramolecular Hbond substituents is 1. The number of allylic oxidation sites excluding steroid dienone is 4. The number of aromatic nitrogens is 1. The number of rotatable bonds is 4. The number of nitrogens with zero attached hydrogens (tertiary/aromatic N) is 3. The molecule has 1 aromatic heterocycles. The number of carbonyl (C=O) groups excluding carboxylic acids is 4. The van der Waals surface area contributed by atoms with Gasteiger partial charge >= 0.3 is 6.18 Å². The summed E-state index contributed by atoms with van der Waals surface area (Å²) in [6.07, 6.45) is -1.55. The number of anilines is 1. The van der Waals surface area contributed by atoms with Gasteiger partial charge in [-0.05, 0) is 61.6 Å². The molecule has 236 valence electrons. The lowest BCUT2D eigenvalue weighted by atomic mass is 9.47. The number of ketones is 2. The van der Waals surface area contributed by atoms with Crippen LogP contribution in [-0.4, -0.2) is 52.6 Å². The number of pyridine rings is 1. The number of hydrogen-bond acceptors (Lipinski definition) is 8. The first-order valence-corrected chi connectivity index (χ1v) is 14.7. The molecular weight excluding hydrogens is 615 g/mol. The SMILES string of the molecule is COc1cccc(O)c1[C@H]1C2=CC[C@@H]3C(=O)N(N(C)c4nc(C(F)(F)F)ccc4Cl)C(=O)[C@@H]3[C@@H]2C[C@H]2C(=O)C=C(C)C(=O)[C@@]12C. The molecule has 1 N–H and O–H groups in total. The van der Waals surface area contributed by atoms with Gasteiger partial charge in [0.1, 0.15) is 17.2 Å². The van der Waals surface area contributed by atoms with Crippen molar-refractivity contribution in [3.05, 3.63) is 69.9 Å². The van der Waals surface area contributed by atoms with E-state index in [4.69, 9.17) is 16.3 Å². The predicted molar refractivity (Wildman–Crippen MR) is 155 cm³/mol. The maximum atomic E-state index is 14.2. The lowest BCUT2D eigenvalue weighted by Gasteiger charge is -2.53. The number of benzene rings is 1. The van der Waals surface area contributed by atoms with E-state index in [1.54, 1.807) is 32.1 Å². The smallest absolute Gasteiger partial charge is 0.433 e. The molecule has 2 heterocycles. The summed E-state index contributed by atoms with van der Waals surface area (Å²) in [6, 6.07) is 6.37. The highest BCUT2D eigenvalue weighted by Crippen LogP contribution is 2.64. The van der Waals surface area contributed by atoms with Crippen LogP contribution in [0.3, 0.4) is 0 Å². The Bertz CT molecular complexity index is 1740. The van der Waals surface area contributed by atoms with Crippen LogP contribution < -0.4 is 9.75 Å². The van der Waals surface area contributed by atoms with Gasteiger partial charge in [0.05, 0.1) is 29.4 Å². The monoisotopic (exact) mass is 643 g/mol. The largest absolute Gasteiger partial charge is 0.508 e. The molecule has 4 aliphatic rings. The molecule has 3 aliphatic carbocycles. The number of fused-ring (bicyclic) bond motifs is 4. The Hall–Kier alpha value is -4.19. The van der Waals surface area contributed by atoms with E-state index in [1.165, 1.54) is 26.3 Å². The van der Waals surface area contributed by atoms with Gasteiger partial charge in [0.15, 0.2) is 17.4 Å². The van der Waals surface area contributed by atoms with Crippen LogP contribution in [0.4, 0.5) is 19.0 Å². The average Bonchev–Trinajstić information content (AvgIpc) is 3.24. The van der Waals surface area contributed by atoms with E-state index in [0.29, 0.717) is 17.2 Å². The summed E-state index contributed by atoms with van der Waals surface area (Å²) in [7, 11) is 2.66. The number of alkyl halides is 3. The molecule has 1 saturated carbocycles. The van der Waals surface area contributed by atoms with Gasteiger partial charge in [-0.15, -0.1) is 0 Å². The fourth-order valence-electron chi connectivity index (χ4n) is 7.89. The molecule has 0 unspecified atom stereocenters. The molecule has 2 amide bonds. The number of amides is 2. The van der Waals surface area contributed by atoms with Gasteiger partial charge in [-0.1, -0.05) is 36.2 Å². The van der Waals surface area contributed by atoms with Gasteiger partial charge in [0.2, 0.25) is 0 Å². The first-order valence-electron chi connectivity index (χ1n) is 14.3. The molecule has 6 atom stereocenters. The molecule has 1 saturated heterocycles. The van der Waals surface area contributed by atoms with E-state index >= 15 is 0 Å². The van der Waals surface area contributed by atoms with E-state index in [9.17, 15) is 37.5 Å². The number of methoxy groups -OCH3 is 1. The maximum Gasteiger partial charge on any atom is 0.433 e. The van der Waals surface area contributed by atoms with Crippen molar-refractivity contribution < 1.29 is 42.2 Å². The second-order valence-corrected chi connectivity index (χ2v) is 12.6. The molecule has 0 radical (unpaired) electrons. The minimum atomic E-state index is -4.80. The number of carbonyl (C=O) groups is 4. The van der Waals surface area contributed by atoms with Crippen LogP contribution in [0, 0.1) is 29.1 Å². The average molecular weight is 644 g/mol. The molecule has 6 rings (SSSR count). The van der Waals surface area contributed by atoms with E-state index in [0.717, 1.165) is 16.1 Å². The number of halogens is 4. The van der Waals surface area contributed by atoms with E-state index in [1.807, 2.05) is 0 Å². The number of phenols is 1. The van der Waals surface area contributed by atoms with Crippen molar-refractivity contribution in [3.8, 4) is 11.5 Å². The van der Waals surface area contributed by atoms with Crippen molar-refractivity contribution in [2.75, 3.05) is 19.2 Å². The Labute approximate surface area is 261 Å². The number of hydrazine groups is 1. The van der Waals surface area contributed by atoms with Crippen LogP contribution in [0.15, 0.2) is 53.6 Å². The molecule has 0 spiro atoms. The summed E-state index contributed by atoms with van der Waals surface area (Å²) in [6.45, 7) is 3.26. The van der Waals surface area contributed by atoms with Crippen LogP contribution in [0.25, 0.3) is 0 Å². The zero-order valence-electron chi connectivity index (χ0n) is 24.7. The van der Waals surface area contributed by atoms with Crippen LogP contribution in [0.2, 0.25) is 5.02 Å². The maximum absolute atomic E-state index is 14.2. The summed E-state index contributed by atoms with van der Waals surface area (Å²) in [4.78, 5) is 59.1. The molecule has 45 heavy (non-hydrogen) atoms. The number of hydrogen-bond donors (Lipinski definition) is 1. The summed E-state index contributed by atoms with van der Waals surface area (Å²) in [5.41, 5.74) is -1.40. The van der Waals surface area contributed by atoms with Gasteiger partial charge in [0.25, 0.3) is 11.8 Å². The predicted octanol–water partition coefficient (Wildman–Crippen LogP) is 5.27. The third kappa shape index (κ3) is 4.39. The minimum Gasteiger partial charge on any atom is -0.508 e. The normalized spacial score (nSPS) is 29.5. The van der Waals surface area contributed by atoms with Crippen molar-refractivity contribution in [3.63, 3.8) is 0 Å². The second-order valence-electron chi connectivity index (χ2n) is 12.1. The van der Waals surface area contributed by atoms with Crippen molar-refractivity contribution >= 4 is 40.8 Å². The lowest BCUT2D eigenvalue weighted by molar-refractivity contribution is -0.142. The van der Waals surface area contributed by atoms with Gasteiger partial charge in [0, 0.05) is 24.4 Å². The van der Waals surface area contributed by atoms with Crippen LogP contribution in [0.1, 0.15) is 43.9 Å². The fourth-order valence-corrected chi connectivity index (χ4v) is 8.12. The third-order valence-electron chi connectivity index (χ3n) is 9.89. The Morgan fingerprint density at radius 2 is 1.82 bits per heavy atom. The zero-order chi connectivity index (χ0) is 32.7. The number of aromatic hydroxyl groups is 1. The standard InChI is InChI=1S/C32H29ClF3N3O6/c1-14-12-21(41)18-13-17-15(26(31(18,2)27(14)42)25-20(40)6-5-7-22(25)45-4)8-9-16-24(17)30(44)39(29(16)43)38(3)28-19(33)10-11-23(37-28)32(34,35)36/h5-8,10-12,16-18,24,26,40H,9,13H2,1-4H3/t16-,17+,18-,24-,26+,31+/m0/s1. The van der Waals surface area contributed by atoms with E-state index < -0.39 is 64.5 Å². The topological polar surface area (TPSA) is 117 Å². The van der Waals surface area contributed by atoms with Crippen LogP contribution in [0.5, 0.6) is 11.5 Å². The van der Waals surface area contributed by atoms with Gasteiger partial charge in [-0.2, -0.15) is 18.2 Å². The quantitative estimate of drug-likeness (QED) is 0.354. The van der Waals surface area contributed by atoms with E-state index in [2.05, 4.69) is 4.98 Å². The highest BCUT2D eigenvalue weighted by molar-refractivity contribution is 6.33. The summed E-state index contributed by atoms with van der Waals surface area (Å²) < 4.78 is 46.0. The first-order chi connectivity index (χ1) is 21.1. The van der Waals surface area contributed by atoms with Gasteiger partial charge in [-0.3, -0.25) is 24.2 Å². The van der Waals surface area contributed by atoms with Gasteiger partial charge < -0.3 is 9.84 Å². The highest BCUT2D eigenvalue weighted by atomic mass is 35.5. The van der Waals surface area contributed by atoms with Crippen molar-refractivity contribution in [1.82, 2.24) is 9.99 Å². The van der Waals surface area contributed by atoms with Crippen molar-refractivity contribution in [2.45, 2.75) is 38.8 Å². The molecule has 13 heteroatoms. The summed E-state index contributed by atoms with van der Waals surface area (Å²) in [5, 5.41) is 12.7. The van der Waals surface area contributed by atoms with Crippen molar-refractivity contribution in [2.24, 2.45) is 29.1 Å². The molecular formula is C32H29ClF3N3O6. The fraction of sp³-hybridized carbons (Fsp3) is 0.406. The third-order valence-corrected chi connectivity index (χ3v) is 10.2. The number of ether oxygens (including phenoxy) is 1. The molecule has 1 aromatic carbocycles. The molecule has 9 nitrogen and oxygen atoms in total. The Morgan fingerprint density at radius 3 is 2.49 bits per heavy atom. The Kier molecular flexibility index (Phi) is 7.15. The van der Waals surface area contributed by atoms with Crippen LogP contribution >= 0.6 is 11.6 Å². The minimum absolute atomic E-state index is 0.0728. The summed E-state index contributed by atoms with van der Waals surface area (Å²) >= 11 is 6.20. The second kappa shape index (κ2) is 10.4. The van der Waals surface area contributed by atoms with Crippen LogP contribution in [-0.2, 0) is 25.4 Å². The van der Waals surface area contributed by atoms with Gasteiger partial charge in [-0.25, -0.2) is 4.98 Å². The Balaban J connectivity index is 1.47. The first kappa shape index (κ1) is 30.8. The van der Waals surface area contributed by atoms with E-state index in [-0.39, 0.29) is 46.5 Å². The zero-order valence-corrected chi connectivity index (χ0v) is 25.4. The lowest BCUT2D eigenvalue weighted by Crippen LogP contribution is -2.55. The molecule has 1 aliphatic heterocycles. The Morgan fingerprint density at radius 1 is 1.11 bits per heavy atom. The highest BCUT2D eigenvalue weighted by Gasteiger charge is 2.64. The number of Topliss-reactive ketones (excluding diaryl/α,β-unsaturated/α-hetero) is 1. The molecule has 2 aromatic rings. The molecule has 2 fully saturated rings. The van der Waals surface area contributed by atoms with Crippen molar-refractivity contribution in [1.29, 1.82) is 0 Å².